The summed E-state index contributed by atoms with van der Waals surface area (Å²) in [4.78, 5) is 4.14. The number of ether oxygens (including phenoxy) is 1. The summed E-state index contributed by atoms with van der Waals surface area (Å²) in [7, 11) is 0. The Kier molecular flexibility index (Phi) is 2.48. The summed E-state index contributed by atoms with van der Waals surface area (Å²) in [5.74, 6) is 0. The lowest BCUT2D eigenvalue weighted by molar-refractivity contribution is -0.0924. The van der Waals surface area contributed by atoms with E-state index in [0.29, 0.717) is 0 Å². The molecule has 0 atom stereocenters. The number of pyridine rings is 1. The lowest BCUT2D eigenvalue weighted by Gasteiger charge is -2.38. The quantitative estimate of drug-likeness (QED) is 0.877. The van der Waals surface area contributed by atoms with E-state index in [0.717, 1.165) is 19.8 Å². The molecule has 0 saturated carbocycles. The van der Waals surface area contributed by atoms with E-state index in [1.54, 1.807) is 0 Å². The summed E-state index contributed by atoms with van der Waals surface area (Å²) in [5, 5.41) is 5.92. The number of nitrogens with zero attached hydrogens (tertiary/aromatic N) is 1. The average Bonchev–Trinajstić information content (AvgIpc) is 2.34. The summed E-state index contributed by atoms with van der Waals surface area (Å²) in [6.07, 6.45) is 3.73. The third-order valence-electron chi connectivity index (χ3n) is 3.29. The van der Waals surface area contributed by atoms with E-state index < -0.39 is 0 Å². The zero-order chi connectivity index (χ0) is 11.7. The molecule has 0 bridgehead atoms. The largest absolute Gasteiger partial charge is 0.384 e. The van der Waals surface area contributed by atoms with Crippen LogP contribution in [0.5, 0.6) is 0 Å². The second-order valence-corrected chi connectivity index (χ2v) is 5.06. The zero-order valence-corrected chi connectivity index (χ0v) is 9.94. The van der Waals surface area contributed by atoms with Crippen LogP contribution in [-0.2, 0) is 4.74 Å². The summed E-state index contributed by atoms with van der Waals surface area (Å²) in [6, 6.07) is 8.32. The molecule has 1 aromatic heterocycles. The summed E-state index contributed by atoms with van der Waals surface area (Å²) < 4.78 is 5.26. The Morgan fingerprint density at radius 1 is 1.35 bits per heavy atom. The van der Waals surface area contributed by atoms with Crippen molar-refractivity contribution >= 4 is 16.5 Å². The highest BCUT2D eigenvalue weighted by atomic mass is 16.5. The molecule has 1 aliphatic rings. The molecule has 1 aliphatic heterocycles. The van der Waals surface area contributed by atoms with Crippen LogP contribution in [-0.4, -0.2) is 24.7 Å². The second kappa shape index (κ2) is 4.00. The molecule has 0 spiro atoms. The van der Waals surface area contributed by atoms with Gasteiger partial charge in [-0.05, 0) is 12.1 Å². The monoisotopic (exact) mass is 228 g/mol. The first kappa shape index (κ1) is 10.5. The standard InChI is InChI=1S/C14H16N2O/c1-14(9-17-10-14)8-16-13-4-2-3-11-7-15-6-5-12(11)13/h2-7,16H,8-10H2,1H3. The van der Waals surface area contributed by atoms with Crippen LogP contribution in [0.25, 0.3) is 10.8 Å². The fourth-order valence-electron chi connectivity index (χ4n) is 2.14. The van der Waals surface area contributed by atoms with E-state index in [-0.39, 0.29) is 5.41 Å². The van der Waals surface area contributed by atoms with Crippen LogP contribution in [0.1, 0.15) is 6.92 Å². The van der Waals surface area contributed by atoms with Crippen molar-refractivity contribution in [1.29, 1.82) is 0 Å². The first-order valence-electron chi connectivity index (χ1n) is 5.91. The van der Waals surface area contributed by atoms with Gasteiger partial charge in [-0.1, -0.05) is 19.1 Å². The van der Waals surface area contributed by atoms with Gasteiger partial charge in [0, 0.05) is 40.8 Å². The molecule has 0 unspecified atom stereocenters. The normalized spacial score (nSPS) is 17.7. The number of hydrogen-bond donors (Lipinski definition) is 1. The highest BCUT2D eigenvalue weighted by Gasteiger charge is 2.32. The molecule has 1 aromatic carbocycles. The predicted octanol–water partition coefficient (Wildman–Crippen LogP) is 2.68. The maximum Gasteiger partial charge on any atom is 0.0559 e. The average molecular weight is 228 g/mol. The van der Waals surface area contributed by atoms with Gasteiger partial charge in [0.2, 0.25) is 0 Å². The van der Waals surface area contributed by atoms with E-state index in [1.807, 2.05) is 12.4 Å². The topological polar surface area (TPSA) is 34.2 Å². The summed E-state index contributed by atoms with van der Waals surface area (Å²) in [5.41, 5.74) is 1.47. The van der Waals surface area contributed by atoms with Crippen LogP contribution in [0.3, 0.4) is 0 Å². The Hall–Kier alpha value is -1.61. The number of anilines is 1. The number of rotatable bonds is 3. The first-order chi connectivity index (χ1) is 8.27. The van der Waals surface area contributed by atoms with E-state index in [1.165, 1.54) is 16.5 Å². The van der Waals surface area contributed by atoms with Crippen LogP contribution in [0, 0.1) is 5.41 Å². The molecule has 3 rings (SSSR count). The highest BCUT2D eigenvalue weighted by Crippen LogP contribution is 2.28. The van der Waals surface area contributed by atoms with Crippen molar-refractivity contribution in [3.63, 3.8) is 0 Å². The van der Waals surface area contributed by atoms with Crippen molar-refractivity contribution in [2.75, 3.05) is 25.1 Å². The van der Waals surface area contributed by atoms with Gasteiger partial charge in [-0.25, -0.2) is 0 Å². The predicted molar refractivity (Wildman–Crippen MR) is 69.2 cm³/mol. The van der Waals surface area contributed by atoms with Gasteiger partial charge in [0.15, 0.2) is 0 Å². The Balaban J connectivity index is 1.85. The van der Waals surface area contributed by atoms with Gasteiger partial charge in [0.25, 0.3) is 0 Å². The summed E-state index contributed by atoms with van der Waals surface area (Å²) >= 11 is 0. The molecule has 0 amide bonds. The number of aromatic nitrogens is 1. The number of hydrogen-bond acceptors (Lipinski definition) is 3. The molecule has 2 heterocycles. The van der Waals surface area contributed by atoms with Crippen molar-refractivity contribution in [3.05, 3.63) is 36.7 Å². The third kappa shape index (κ3) is 1.98. The molecule has 2 aromatic rings. The lowest BCUT2D eigenvalue weighted by atomic mass is 9.88. The Labute approximate surface area is 101 Å². The lowest BCUT2D eigenvalue weighted by Crippen LogP contribution is -2.45. The van der Waals surface area contributed by atoms with Crippen LogP contribution in [0.15, 0.2) is 36.7 Å². The van der Waals surface area contributed by atoms with Gasteiger partial charge in [0.05, 0.1) is 13.2 Å². The Morgan fingerprint density at radius 3 is 3.00 bits per heavy atom. The molecular weight excluding hydrogens is 212 g/mol. The molecule has 3 heteroatoms. The van der Waals surface area contributed by atoms with Crippen LogP contribution in [0.4, 0.5) is 5.69 Å². The molecule has 1 fully saturated rings. The SMILES string of the molecule is CC1(CNc2cccc3cnccc23)COC1. The molecule has 1 N–H and O–H groups in total. The van der Waals surface area contributed by atoms with Gasteiger partial charge in [-0.15, -0.1) is 0 Å². The number of fused-ring (bicyclic) bond motifs is 1. The minimum absolute atomic E-state index is 0.287. The van der Waals surface area contributed by atoms with E-state index in [9.17, 15) is 0 Å². The molecule has 1 saturated heterocycles. The molecule has 17 heavy (non-hydrogen) atoms. The molecule has 0 radical (unpaired) electrons. The van der Waals surface area contributed by atoms with Gasteiger partial charge >= 0.3 is 0 Å². The summed E-state index contributed by atoms with van der Waals surface area (Å²) in [6.45, 7) is 4.91. The van der Waals surface area contributed by atoms with E-state index in [2.05, 4.69) is 41.5 Å². The first-order valence-corrected chi connectivity index (χ1v) is 5.91. The molecule has 0 aliphatic carbocycles. The van der Waals surface area contributed by atoms with Crippen molar-refractivity contribution in [3.8, 4) is 0 Å². The van der Waals surface area contributed by atoms with Crippen LogP contribution >= 0.6 is 0 Å². The van der Waals surface area contributed by atoms with Crippen molar-refractivity contribution in [1.82, 2.24) is 4.98 Å². The fraction of sp³-hybridized carbons (Fsp3) is 0.357. The van der Waals surface area contributed by atoms with Crippen molar-refractivity contribution < 1.29 is 4.74 Å². The van der Waals surface area contributed by atoms with Crippen molar-refractivity contribution in [2.45, 2.75) is 6.92 Å². The number of benzene rings is 1. The number of nitrogens with one attached hydrogen (secondary N) is 1. The van der Waals surface area contributed by atoms with E-state index in [4.69, 9.17) is 4.74 Å². The second-order valence-electron chi connectivity index (χ2n) is 5.06. The highest BCUT2D eigenvalue weighted by molar-refractivity contribution is 5.93. The van der Waals surface area contributed by atoms with Crippen LogP contribution in [0.2, 0.25) is 0 Å². The van der Waals surface area contributed by atoms with Gasteiger partial charge in [-0.2, -0.15) is 0 Å². The Bertz CT molecular complexity index is 529. The van der Waals surface area contributed by atoms with Crippen LogP contribution < -0.4 is 5.32 Å². The molecular formula is C14H16N2O. The maximum absolute atomic E-state index is 5.26. The Morgan fingerprint density at radius 2 is 2.24 bits per heavy atom. The van der Waals surface area contributed by atoms with Gasteiger partial charge < -0.3 is 10.1 Å². The molecule has 3 nitrogen and oxygen atoms in total. The molecule has 88 valence electrons. The smallest absolute Gasteiger partial charge is 0.0559 e. The fourth-order valence-corrected chi connectivity index (χ4v) is 2.14. The van der Waals surface area contributed by atoms with E-state index >= 15 is 0 Å². The maximum atomic E-state index is 5.26. The minimum atomic E-state index is 0.287. The zero-order valence-electron chi connectivity index (χ0n) is 9.94. The van der Waals surface area contributed by atoms with Gasteiger partial charge in [0.1, 0.15) is 0 Å². The van der Waals surface area contributed by atoms with Crippen molar-refractivity contribution in [2.24, 2.45) is 5.41 Å². The van der Waals surface area contributed by atoms with Gasteiger partial charge in [-0.3, -0.25) is 4.98 Å². The minimum Gasteiger partial charge on any atom is -0.384 e. The third-order valence-corrected chi connectivity index (χ3v) is 3.29.